The van der Waals surface area contributed by atoms with Gasteiger partial charge in [0.1, 0.15) is 11.6 Å². The van der Waals surface area contributed by atoms with E-state index in [4.69, 9.17) is 9.84 Å². The van der Waals surface area contributed by atoms with E-state index in [1.54, 1.807) is 12.1 Å². The number of halogens is 1. The molecule has 0 aliphatic heterocycles. The van der Waals surface area contributed by atoms with Crippen molar-refractivity contribution >= 4 is 10.9 Å². The van der Waals surface area contributed by atoms with Crippen molar-refractivity contribution in [3.63, 3.8) is 0 Å². The third kappa shape index (κ3) is 4.84. The van der Waals surface area contributed by atoms with Crippen LogP contribution in [0.4, 0.5) is 4.39 Å². The second-order valence-electron chi connectivity index (χ2n) is 6.49. The fourth-order valence-electron chi connectivity index (χ4n) is 2.88. The van der Waals surface area contributed by atoms with E-state index in [0.717, 1.165) is 36.3 Å². The summed E-state index contributed by atoms with van der Waals surface area (Å²) in [5, 5.41) is 13.5. The highest BCUT2D eigenvalue weighted by atomic mass is 19.1. The molecule has 0 radical (unpaired) electrons. The molecule has 26 heavy (non-hydrogen) atoms. The van der Waals surface area contributed by atoms with Crippen LogP contribution in [0.5, 0.6) is 5.75 Å². The van der Waals surface area contributed by atoms with Crippen molar-refractivity contribution < 1.29 is 14.2 Å². The van der Waals surface area contributed by atoms with Gasteiger partial charge in [-0.1, -0.05) is 12.1 Å². The lowest BCUT2D eigenvalue weighted by Crippen LogP contribution is -2.31. The van der Waals surface area contributed by atoms with Crippen LogP contribution in [0.25, 0.3) is 10.9 Å². The number of hydrogen-bond acceptors (Lipinski definition) is 3. The molecule has 138 valence electrons. The van der Waals surface area contributed by atoms with Crippen LogP contribution in [0.2, 0.25) is 0 Å². The molecule has 4 nitrogen and oxygen atoms in total. The van der Waals surface area contributed by atoms with Crippen LogP contribution in [0.3, 0.4) is 0 Å². The molecule has 1 atom stereocenters. The number of rotatable bonds is 9. The number of benzene rings is 2. The van der Waals surface area contributed by atoms with Gasteiger partial charge in [0.25, 0.3) is 0 Å². The quantitative estimate of drug-likeness (QED) is 0.618. The Morgan fingerprint density at radius 2 is 1.96 bits per heavy atom. The summed E-state index contributed by atoms with van der Waals surface area (Å²) < 4.78 is 21.0. The number of aliphatic hydroxyl groups excluding tert-OH is 1. The van der Waals surface area contributed by atoms with Crippen LogP contribution in [0.15, 0.2) is 54.7 Å². The number of hydrogen-bond donors (Lipinski definition) is 2. The van der Waals surface area contributed by atoms with Gasteiger partial charge >= 0.3 is 0 Å². The van der Waals surface area contributed by atoms with Crippen molar-refractivity contribution in [3.8, 4) is 5.75 Å². The van der Waals surface area contributed by atoms with Gasteiger partial charge < -0.3 is 19.7 Å². The van der Waals surface area contributed by atoms with Crippen LogP contribution < -0.4 is 10.1 Å². The normalized spacial score (nSPS) is 12.4. The molecule has 2 N–H and O–H groups in total. The van der Waals surface area contributed by atoms with Gasteiger partial charge in [-0.3, -0.25) is 0 Å². The Morgan fingerprint density at radius 1 is 1.15 bits per heavy atom. The molecule has 5 heteroatoms. The summed E-state index contributed by atoms with van der Waals surface area (Å²) in [6.07, 6.45) is 2.81. The van der Waals surface area contributed by atoms with Gasteiger partial charge in [-0.15, -0.1) is 0 Å². The van der Waals surface area contributed by atoms with Crippen LogP contribution in [-0.2, 0) is 13.0 Å². The Kier molecular flexibility index (Phi) is 6.26. The van der Waals surface area contributed by atoms with Gasteiger partial charge in [0.15, 0.2) is 0 Å². The minimum Gasteiger partial charge on any atom is -0.493 e. The first-order valence-corrected chi connectivity index (χ1v) is 8.96. The molecule has 0 aliphatic carbocycles. The number of nitrogens with one attached hydrogen (secondary N) is 1. The van der Waals surface area contributed by atoms with Gasteiger partial charge in [-0.25, -0.2) is 4.39 Å². The van der Waals surface area contributed by atoms with Crippen molar-refractivity contribution in [2.75, 3.05) is 19.8 Å². The zero-order chi connectivity index (χ0) is 18.4. The highest BCUT2D eigenvalue weighted by Gasteiger charge is 2.05. The van der Waals surface area contributed by atoms with Gasteiger partial charge in [-0.05, 0) is 48.2 Å². The zero-order valence-electron chi connectivity index (χ0n) is 15.0. The van der Waals surface area contributed by atoms with Crippen molar-refractivity contribution in [1.82, 2.24) is 9.88 Å². The van der Waals surface area contributed by atoms with E-state index >= 15 is 0 Å². The van der Waals surface area contributed by atoms with Gasteiger partial charge in [0.2, 0.25) is 0 Å². The summed E-state index contributed by atoms with van der Waals surface area (Å²) in [6.45, 7) is 4.26. The van der Waals surface area contributed by atoms with Crippen molar-refractivity contribution in [2.24, 2.45) is 0 Å². The fraction of sp³-hybridized carbons (Fsp3) is 0.333. The Hall–Kier alpha value is -2.37. The third-order valence-corrected chi connectivity index (χ3v) is 4.44. The van der Waals surface area contributed by atoms with E-state index in [9.17, 15) is 4.39 Å². The molecule has 3 rings (SSSR count). The maximum Gasteiger partial charge on any atom is 0.123 e. The topological polar surface area (TPSA) is 46.4 Å². The lowest BCUT2D eigenvalue weighted by molar-refractivity contribution is 0.251. The number of ether oxygens (including phenoxy) is 1. The van der Waals surface area contributed by atoms with E-state index in [1.807, 2.05) is 13.0 Å². The molecule has 3 aromatic rings. The number of aliphatic hydroxyl groups is 1. The SMILES string of the molecule is CC(CO)NCCn1ccc2ccc(OCCc3ccc(F)cc3)cc21. The molecule has 2 aromatic carbocycles. The van der Waals surface area contributed by atoms with Gasteiger partial charge in [0.05, 0.1) is 18.7 Å². The Balaban J connectivity index is 1.58. The van der Waals surface area contributed by atoms with E-state index < -0.39 is 0 Å². The lowest BCUT2D eigenvalue weighted by Gasteiger charge is -2.12. The molecule has 0 saturated carbocycles. The molecule has 0 saturated heterocycles. The highest BCUT2D eigenvalue weighted by molar-refractivity contribution is 5.81. The number of aromatic nitrogens is 1. The maximum atomic E-state index is 12.9. The Bertz CT molecular complexity index is 830. The van der Waals surface area contributed by atoms with Crippen LogP contribution in [0, 0.1) is 5.82 Å². The molecule has 0 fully saturated rings. The first-order valence-electron chi connectivity index (χ1n) is 8.96. The Labute approximate surface area is 153 Å². The van der Waals surface area contributed by atoms with E-state index in [1.165, 1.54) is 17.5 Å². The van der Waals surface area contributed by atoms with Crippen LogP contribution in [0.1, 0.15) is 12.5 Å². The molecule has 0 aliphatic rings. The molecule has 1 unspecified atom stereocenters. The second kappa shape index (κ2) is 8.83. The Morgan fingerprint density at radius 3 is 2.73 bits per heavy atom. The first kappa shape index (κ1) is 18.4. The molecular formula is C21H25FN2O2. The smallest absolute Gasteiger partial charge is 0.123 e. The summed E-state index contributed by atoms with van der Waals surface area (Å²) in [5.74, 6) is 0.611. The fourth-order valence-corrected chi connectivity index (χ4v) is 2.88. The van der Waals surface area contributed by atoms with Gasteiger partial charge in [0, 0.05) is 37.8 Å². The average molecular weight is 356 g/mol. The van der Waals surface area contributed by atoms with E-state index in [0.29, 0.717) is 6.61 Å². The van der Waals surface area contributed by atoms with E-state index in [-0.39, 0.29) is 18.5 Å². The lowest BCUT2D eigenvalue weighted by atomic mass is 10.1. The molecule has 1 heterocycles. The maximum absolute atomic E-state index is 12.9. The predicted molar refractivity (Wildman–Crippen MR) is 102 cm³/mol. The third-order valence-electron chi connectivity index (χ3n) is 4.44. The number of fused-ring (bicyclic) bond motifs is 1. The van der Waals surface area contributed by atoms with Gasteiger partial charge in [-0.2, -0.15) is 0 Å². The highest BCUT2D eigenvalue weighted by Crippen LogP contribution is 2.22. The zero-order valence-corrected chi connectivity index (χ0v) is 15.0. The van der Waals surface area contributed by atoms with E-state index in [2.05, 4.69) is 34.3 Å². The minimum atomic E-state index is -0.219. The molecule has 0 bridgehead atoms. The first-order chi connectivity index (χ1) is 12.7. The largest absolute Gasteiger partial charge is 0.493 e. The standard InChI is InChI=1S/C21H25FN2O2/c1-16(15-25)23-10-12-24-11-8-18-4-7-20(14-21(18)24)26-13-9-17-2-5-19(22)6-3-17/h2-8,11,14,16,23,25H,9-10,12-13,15H2,1H3. The average Bonchev–Trinajstić information content (AvgIpc) is 3.05. The van der Waals surface area contributed by atoms with Crippen molar-refractivity contribution in [1.29, 1.82) is 0 Å². The predicted octanol–water partition coefficient (Wildman–Crippen LogP) is 3.37. The minimum absolute atomic E-state index is 0.0992. The summed E-state index contributed by atoms with van der Waals surface area (Å²) in [6, 6.07) is 14.8. The summed E-state index contributed by atoms with van der Waals surface area (Å²) in [4.78, 5) is 0. The van der Waals surface area contributed by atoms with Crippen molar-refractivity contribution in [3.05, 3.63) is 66.1 Å². The second-order valence-corrected chi connectivity index (χ2v) is 6.49. The van der Waals surface area contributed by atoms with Crippen molar-refractivity contribution in [2.45, 2.75) is 25.9 Å². The van der Waals surface area contributed by atoms with Crippen LogP contribution >= 0.6 is 0 Å². The van der Waals surface area contributed by atoms with Crippen LogP contribution in [-0.4, -0.2) is 35.5 Å². The summed E-state index contributed by atoms with van der Waals surface area (Å²) >= 11 is 0. The molecular weight excluding hydrogens is 331 g/mol. The molecule has 0 amide bonds. The monoisotopic (exact) mass is 356 g/mol. The summed E-state index contributed by atoms with van der Waals surface area (Å²) in [7, 11) is 0. The molecule has 0 spiro atoms. The number of nitrogens with zero attached hydrogens (tertiary/aromatic N) is 1. The molecule has 1 aromatic heterocycles. The summed E-state index contributed by atoms with van der Waals surface area (Å²) in [5.41, 5.74) is 2.18.